The molecule has 0 bridgehead atoms. The third-order valence-corrected chi connectivity index (χ3v) is 0.742. The summed E-state index contributed by atoms with van der Waals surface area (Å²) in [5.74, 6) is 0. The third kappa shape index (κ3) is 17.7. The van der Waals surface area contributed by atoms with Crippen LogP contribution in [0.4, 0.5) is 4.39 Å². The quantitative estimate of drug-likeness (QED) is 0.417. The van der Waals surface area contributed by atoms with Crippen LogP contribution >= 0.6 is 0 Å². The number of nitrogens with two attached hydrogens (primary N) is 2. The predicted octanol–water partition coefficient (Wildman–Crippen LogP) is -1.40. The molecule has 0 saturated carbocycles. The van der Waals surface area contributed by atoms with Gasteiger partial charge in [0.25, 0.3) is 0 Å². The number of aliphatic hydroxyl groups excluding tert-OH is 2. The van der Waals surface area contributed by atoms with Crippen molar-refractivity contribution in [1.82, 2.24) is 0 Å². The van der Waals surface area contributed by atoms with Crippen molar-refractivity contribution in [1.29, 1.82) is 0 Å². The molecule has 0 heterocycles. The summed E-state index contributed by atoms with van der Waals surface area (Å²) in [5, 5.41) is 15.9. The first-order valence-corrected chi connectivity index (χ1v) is 3.39. The number of alkyl halides is 1. The van der Waals surface area contributed by atoms with E-state index in [0.717, 1.165) is 0 Å². The average Bonchev–Trinajstić information content (AvgIpc) is 2.04. The summed E-state index contributed by atoms with van der Waals surface area (Å²) in [5.41, 5.74) is 9.79. The molecule has 0 radical (unpaired) electrons. The summed E-state index contributed by atoms with van der Waals surface area (Å²) >= 11 is 0. The molecule has 5 heteroatoms. The average molecular weight is 168 g/mol. The van der Waals surface area contributed by atoms with E-state index in [2.05, 4.69) is 0 Å². The van der Waals surface area contributed by atoms with Crippen molar-refractivity contribution >= 4 is 0 Å². The fourth-order valence-corrected chi connectivity index (χ4v) is 0.0745. The Kier molecular flexibility index (Phi) is 11.9. The van der Waals surface area contributed by atoms with E-state index in [0.29, 0.717) is 0 Å². The summed E-state index contributed by atoms with van der Waals surface area (Å²) in [6.07, 6.45) is -1.23. The van der Waals surface area contributed by atoms with E-state index in [1.807, 2.05) is 0 Å². The molecule has 0 aliphatic rings. The smallest absolute Gasteiger partial charge is 0.135 e. The molecule has 0 rings (SSSR count). The normalized spacial score (nSPS) is 14.7. The van der Waals surface area contributed by atoms with Crippen LogP contribution in [0.25, 0.3) is 0 Å². The number of halogens is 1. The fourth-order valence-electron chi connectivity index (χ4n) is 0.0745. The molecule has 4 nitrogen and oxygen atoms in total. The van der Waals surface area contributed by atoms with Crippen molar-refractivity contribution < 1.29 is 14.6 Å². The maximum atomic E-state index is 11.5. The van der Waals surface area contributed by atoms with Gasteiger partial charge in [-0.3, -0.25) is 0 Å². The van der Waals surface area contributed by atoms with E-state index in [-0.39, 0.29) is 19.2 Å². The molecule has 0 unspecified atom stereocenters. The highest BCUT2D eigenvalue weighted by Crippen LogP contribution is 1.79. The first-order chi connectivity index (χ1) is 5.08. The number of hydrogen-bond acceptors (Lipinski definition) is 4. The molecule has 0 aromatic carbocycles. The van der Waals surface area contributed by atoms with E-state index in [4.69, 9.17) is 21.7 Å². The maximum Gasteiger partial charge on any atom is 0.135 e. The van der Waals surface area contributed by atoms with Crippen LogP contribution in [0, 0.1) is 0 Å². The van der Waals surface area contributed by atoms with E-state index >= 15 is 0 Å². The van der Waals surface area contributed by atoms with Gasteiger partial charge in [-0.05, 0) is 6.92 Å². The molecule has 0 fully saturated rings. The van der Waals surface area contributed by atoms with Crippen LogP contribution in [0.3, 0.4) is 0 Å². The van der Waals surface area contributed by atoms with Crippen LogP contribution in [-0.4, -0.2) is 42.2 Å². The summed E-state index contributed by atoms with van der Waals surface area (Å²) in [7, 11) is 0. The van der Waals surface area contributed by atoms with Gasteiger partial charge in [-0.15, -0.1) is 0 Å². The molecule has 0 saturated heterocycles. The van der Waals surface area contributed by atoms with Crippen LogP contribution in [-0.2, 0) is 0 Å². The van der Waals surface area contributed by atoms with Crippen molar-refractivity contribution in [3.63, 3.8) is 0 Å². The summed E-state index contributed by atoms with van der Waals surface area (Å²) in [4.78, 5) is 0. The molecule has 0 spiro atoms. The lowest BCUT2D eigenvalue weighted by Crippen LogP contribution is -2.18. The highest BCUT2D eigenvalue weighted by molar-refractivity contribution is 4.49. The van der Waals surface area contributed by atoms with E-state index < -0.39 is 12.8 Å². The van der Waals surface area contributed by atoms with Gasteiger partial charge in [0.1, 0.15) is 6.17 Å². The first kappa shape index (κ1) is 13.4. The topological polar surface area (TPSA) is 92.5 Å². The Bertz CT molecular complexity index is 69.6. The standard InChI is InChI=1S/C3H8FNO.C3H9NO/c4-3(1-5)2-6;1-3(4)2-5/h3,6H,1-2,5H2;3,5H,2,4H2,1H3/t2*3-/m10/s1. The first-order valence-electron chi connectivity index (χ1n) is 3.39. The molecule has 0 aliphatic heterocycles. The highest BCUT2D eigenvalue weighted by atomic mass is 19.1. The van der Waals surface area contributed by atoms with Crippen molar-refractivity contribution in [2.75, 3.05) is 19.8 Å². The second-order valence-electron chi connectivity index (χ2n) is 2.18. The Hall–Kier alpha value is -0.230. The maximum absolute atomic E-state index is 11.5. The zero-order chi connectivity index (χ0) is 9.28. The van der Waals surface area contributed by atoms with Gasteiger partial charge in [-0.1, -0.05) is 0 Å². The zero-order valence-electron chi connectivity index (χ0n) is 6.70. The van der Waals surface area contributed by atoms with Gasteiger partial charge in [-0.25, -0.2) is 4.39 Å². The second-order valence-corrected chi connectivity index (χ2v) is 2.18. The van der Waals surface area contributed by atoms with Crippen LogP contribution in [0.2, 0.25) is 0 Å². The van der Waals surface area contributed by atoms with Gasteiger partial charge < -0.3 is 21.7 Å². The van der Waals surface area contributed by atoms with Crippen molar-refractivity contribution in [2.24, 2.45) is 11.5 Å². The van der Waals surface area contributed by atoms with Crippen LogP contribution in [0.15, 0.2) is 0 Å². The second kappa shape index (κ2) is 9.77. The lowest BCUT2D eigenvalue weighted by atomic mass is 10.4. The van der Waals surface area contributed by atoms with Crippen LogP contribution < -0.4 is 11.5 Å². The Morgan fingerprint density at radius 1 is 1.36 bits per heavy atom. The molecule has 2 atom stereocenters. The van der Waals surface area contributed by atoms with E-state index in [1.165, 1.54) is 0 Å². The molecule has 0 aromatic heterocycles. The van der Waals surface area contributed by atoms with Gasteiger partial charge >= 0.3 is 0 Å². The molecule has 0 amide bonds. The van der Waals surface area contributed by atoms with Gasteiger partial charge in [0, 0.05) is 12.6 Å². The van der Waals surface area contributed by atoms with Gasteiger partial charge in [0.15, 0.2) is 0 Å². The number of aliphatic hydroxyl groups is 2. The zero-order valence-corrected chi connectivity index (χ0v) is 6.70. The molecule has 0 aromatic rings. The predicted molar refractivity (Wildman–Crippen MR) is 41.8 cm³/mol. The largest absolute Gasteiger partial charge is 0.395 e. The Morgan fingerprint density at radius 2 is 1.73 bits per heavy atom. The molecule has 70 valence electrons. The van der Waals surface area contributed by atoms with Gasteiger partial charge in [-0.2, -0.15) is 0 Å². The molecular formula is C6H17FN2O2. The highest BCUT2D eigenvalue weighted by Gasteiger charge is 1.95. The molecule has 0 aliphatic carbocycles. The lowest BCUT2D eigenvalue weighted by molar-refractivity contribution is 0.183. The van der Waals surface area contributed by atoms with Crippen LogP contribution in [0.1, 0.15) is 6.92 Å². The van der Waals surface area contributed by atoms with Crippen LogP contribution in [0.5, 0.6) is 0 Å². The molecular weight excluding hydrogens is 151 g/mol. The van der Waals surface area contributed by atoms with Gasteiger partial charge in [0.2, 0.25) is 0 Å². The van der Waals surface area contributed by atoms with Crippen molar-refractivity contribution in [2.45, 2.75) is 19.1 Å². The summed E-state index contributed by atoms with van der Waals surface area (Å²) in [6, 6.07) is -0.0602. The summed E-state index contributed by atoms with van der Waals surface area (Å²) in [6.45, 7) is 1.28. The van der Waals surface area contributed by atoms with Gasteiger partial charge in [0.05, 0.1) is 13.2 Å². The fraction of sp³-hybridized carbons (Fsp3) is 1.00. The Morgan fingerprint density at radius 3 is 1.73 bits per heavy atom. The lowest BCUT2D eigenvalue weighted by Gasteiger charge is -1.93. The Labute approximate surface area is 66.0 Å². The van der Waals surface area contributed by atoms with E-state index in [9.17, 15) is 4.39 Å². The SMILES string of the molecule is C[C@H](N)CO.NC[C@@H](F)CO. The number of hydrogen-bond donors (Lipinski definition) is 4. The van der Waals surface area contributed by atoms with Crippen molar-refractivity contribution in [3.05, 3.63) is 0 Å². The van der Waals surface area contributed by atoms with E-state index in [1.54, 1.807) is 6.92 Å². The minimum absolute atomic E-state index is 0.0602. The van der Waals surface area contributed by atoms with Crippen molar-refractivity contribution in [3.8, 4) is 0 Å². The Balaban J connectivity index is 0. The minimum Gasteiger partial charge on any atom is -0.395 e. The number of rotatable bonds is 3. The third-order valence-electron chi connectivity index (χ3n) is 0.742. The molecule has 11 heavy (non-hydrogen) atoms. The minimum atomic E-state index is -1.23. The summed E-state index contributed by atoms with van der Waals surface area (Å²) < 4.78 is 11.5. The molecule has 6 N–H and O–H groups in total. The monoisotopic (exact) mass is 168 g/mol.